The minimum atomic E-state index is -0.518. The molecule has 5 heteroatoms. The average Bonchev–Trinajstić information content (AvgIpc) is 2.90. The number of carbonyl (C=O) groups is 1. The number of benzene rings is 2. The first-order chi connectivity index (χ1) is 9.63. The van der Waals surface area contributed by atoms with Crippen molar-refractivity contribution in [1.29, 1.82) is 0 Å². The van der Waals surface area contributed by atoms with Crippen LogP contribution in [0.15, 0.2) is 48.7 Å². The fourth-order valence-electron chi connectivity index (χ4n) is 2.03. The van der Waals surface area contributed by atoms with E-state index in [9.17, 15) is 9.18 Å². The van der Waals surface area contributed by atoms with Crippen LogP contribution in [-0.4, -0.2) is 10.9 Å². The van der Waals surface area contributed by atoms with Crippen LogP contribution in [0.5, 0.6) is 0 Å². The van der Waals surface area contributed by atoms with Crippen molar-refractivity contribution in [3.05, 3.63) is 60.0 Å². The molecule has 100 valence electrons. The van der Waals surface area contributed by atoms with Gasteiger partial charge in [0.05, 0.1) is 5.69 Å². The molecule has 3 rings (SSSR count). The molecule has 0 atom stereocenters. The molecule has 0 aliphatic heterocycles. The molecular formula is C15H12FN3O. The van der Waals surface area contributed by atoms with Gasteiger partial charge < -0.3 is 16.0 Å². The summed E-state index contributed by atoms with van der Waals surface area (Å²) in [6, 6.07) is 11.1. The van der Waals surface area contributed by atoms with Crippen molar-refractivity contribution >= 4 is 28.2 Å². The van der Waals surface area contributed by atoms with Crippen molar-refractivity contribution in [3.8, 4) is 0 Å². The number of nitrogen functional groups attached to an aromatic ring is 1. The quantitative estimate of drug-likeness (QED) is 0.625. The van der Waals surface area contributed by atoms with E-state index in [1.807, 2.05) is 6.07 Å². The van der Waals surface area contributed by atoms with E-state index < -0.39 is 5.82 Å². The summed E-state index contributed by atoms with van der Waals surface area (Å²) in [5, 5.41) is 3.44. The average molecular weight is 269 g/mol. The minimum absolute atomic E-state index is 0.0733. The van der Waals surface area contributed by atoms with Gasteiger partial charge in [-0.2, -0.15) is 0 Å². The minimum Gasteiger partial charge on any atom is -0.399 e. The molecule has 0 saturated heterocycles. The standard InChI is InChI=1S/C15H12FN3O/c16-12-3-2-11(17)8-14(12)19-15(20)10-1-4-13-9(7-10)5-6-18-13/h1-8,18H,17H2,(H,19,20). The molecule has 0 spiro atoms. The molecule has 1 heterocycles. The van der Waals surface area contributed by atoms with E-state index in [1.165, 1.54) is 18.2 Å². The van der Waals surface area contributed by atoms with Crippen LogP contribution in [0.4, 0.5) is 15.8 Å². The zero-order valence-corrected chi connectivity index (χ0v) is 10.5. The number of anilines is 2. The lowest BCUT2D eigenvalue weighted by atomic mass is 10.1. The molecule has 1 aromatic heterocycles. The molecule has 0 aliphatic carbocycles. The van der Waals surface area contributed by atoms with Crippen LogP contribution in [0.25, 0.3) is 10.9 Å². The summed E-state index contributed by atoms with van der Waals surface area (Å²) in [5.41, 5.74) is 7.44. The number of H-pyrrole nitrogens is 1. The van der Waals surface area contributed by atoms with E-state index in [0.717, 1.165) is 10.9 Å². The van der Waals surface area contributed by atoms with Gasteiger partial charge in [0.2, 0.25) is 0 Å². The number of fused-ring (bicyclic) bond motifs is 1. The van der Waals surface area contributed by atoms with E-state index in [-0.39, 0.29) is 11.6 Å². The lowest BCUT2D eigenvalue weighted by Gasteiger charge is -2.07. The van der Waals surface area contributed by atoms with Gasteiger partial charge in [-0.05, 0) is 42.5 Å². The predicted molar refractivity (Wildman–Crippen MR) is 77.1 cm³/mol. The maximum absolute atomic E-state index is 13.6. The van der Waals surface area contributed by atoms with Gasteiger partial charge in [0.25, 0.3) is 5.91 Å². The summed E-state index contributed by atoms with van der Waals surface area (Å²) in [7, 11) is 0. The van der Waals surface area contributed by atoms with Gasteiger partial charge in [-0.1, -0.05) is 0 Å². The highest BCUT2D eigenvalue weighted by atomic mass is 19.1. The molecule has 1 amide bonds. The number of hydrogen-bond acceptors (Lipinski definition) is 2. The second-order valence-corrected chi connectivity index (χ2v) is 4.47. The fourth-order valence-corrected chi connectivity index (χ4v) is 2.03. The molecule has 0 bridgehead atoms. The summed E-state index contributed by atoms with van der Waals surface area (Å²) in [5.74, 6) is -0.895. The Kier molecular flexibility index (Phi) is 2.87. The number of halogens is 1. The van der Waals surface area contributed by atoms with Crippen molar-refractivity contribution in [2.45, 2.75) is 0 Å². The zero-order valence-electron chi connectivity index (χ0n) is 10.5. The van der Waals surface area contributed by atoms with Crippen LogP contribution >= 0.6 is 0 Å². The third-order valence-corrected chi connectivity index (χ3v) is 3.05. The maximum Gasteiger partial charge on any atom is 0.255 e. The molecule has 0 radical (unpaired) electrons. The summed E-state index contributed by atoms with van der Waals surface area (Å²) in [6.45, 7) is 0. The third kappa shape index (κ3) is 2.21. The third-order valence-electron chi connectivity index (χ3n) is 3.05. The molecule has 0 unspecified atom stereocenters. The van der Waals surface area contributed by atoms with Gasteiger partial charge >= 0.3 is 0 Å². The number of amides is 1. The molecule has 4 nitrogen and oxygen atoms in total. The van der Waals surface area contributed by atoms with Crippen LogP contribution in [0.1, 0.15) is 10.4 Å². The van der Waals surface area contributed by atoms with Crippen molar-refractivity contribution in [3.63, 3.8) is 0 Å². The number of rotatable bonds is 2. The van der Waals surface area contributed by atoms with Gasteiger partial charge in [0.1, 0.15) is 5.82 Å². The van der Waals surface area contributed by atoms with Crippen molar-refractivity contribution in [1.82, 2.24) is 4.98 Å². The number of carbonyl (C=O) groups excluding carboxylic acids is 1. The summed E-state index contributed by atoms with van der Waals surface area (Å²) >= 11 is 0. The highest BCUT2D eigenvalue weighted by Crippen LogP contribution is 2.20. The summed E-state index contributed by atoms with van der Waals surface area (Å²) in [4.78, 5) is 15.2. The van der Waals surface area contributed by atoms with Crippen molar-refractivity contribution < 1.29 is 9.18 Å². The van der Waals surface area contributed by atoms with Crippen molar-refractivity contribution in [2.24, 2.45) is 0 Å². The first kappa shape index (κ1) is 12.2. The SMILES string of the molecule is Nc1ccc(F)c(NC(=O)c2ccc3[nH]ccc3c2)c1. The monoisotopic (exact) mass is 269 g/mol. The lowest BCUT2D eigenvalue weighted by molar-refractivity contribution is 0.102. The first-order valence-electron chi connectivity index (χ1n) is 6.07. The number of nitrogens with one attached hydrogen (secondary N) is 2. The largest absolute Gasteiger partial charge is 0.399 e. The Morgan fingerprint density at radius 2 is 2.00 bits per heavy atom. The number of nitrogens with two attached hydrogens (primary N) is 1. The number of hydrogen-bond donors (Lipinski definition) is 3. The highest BCUT2D eigenvalue weighted by Gasteiger charge is 2.10. The fraction of sp³-hybridized carbons (Fsp3) is 0. The maximum atomic E-state index is 13.6. The molecule has 3 aromatic rings. The Hall–Kier alpha value is -2.82. The van der Waals surface area contributed by atoms with Crippen LogP contribution in [-0.2, 0) is 0 Å². The van der Waals surface area contributed by atoms with Gasteiger partial charge in [0.15, 0.2) is 0 Å². The van der Waals surface area contributed by atoms with Gasteiger partial charge in [-0.3, -0.25) is 4.79 Å². The lowest BCUT2D eigenvalue weighted by Crippen LogP contribution is -2.13. The second-order valence-electron chi connectivity index (χ2n) is 4.47. The first-order valence-corrected chi connectivity index (χ1v) is 6.07. The molecule has 20 heavy (non-hydrogen) atoms. The van der Waals surface area contributed by atoms with E-state index in [1.54, 1.807) is 24.4 Å². The number of aromatic nitrogens is 1. The normalized spacial score (nSPS) is 10.7. The Bertz CT molecular complexity index is 795. The summed E-state index contributed by atoms with van der Waals surface area (Å²) < 4.78 is 13.6. The zero-order chi connectivity index (χ0) is 14.1. The van der Waals surface area contributed by atoms with E-state index >= 15 is 0 Å². The Morgan fingerprint density at radius 1 is 1.15 bits per heavy atom. The molecule has 2 aromatic carbocycles. The number of aromatic amines is 1. The molecule has 4 N–H and O–H groups in total. The van der Waals surface area contributed by atoms with Crippen molar-refractivity contribution in [2.75, 3.05) is 11.1 Å². The summed E-state index contributed by atoms with van der Waals surface area (Å²) in [6.07, 6.45) is 1.80. The van der Waals surface area contributed by atoms with E-state index in [4.69, 9.17) is 5.73 Å². The van der Waals surface area contributed by atoms with Crippen LogP contribution < -0.4 is 11.1 Å². The molecular weight excluding hydrogens is 257 g/mol. The van der Waals surface area contributed by atoms with Gasteiger partial charge in [-0.25, -0.2) is 4.39 Å². The molecule has 0 saturated carbocycles. The predicted octanol–water partition coefficient (Wildman–Crippen LogP) is 3.14. The second kappa shape index (κ2) is 4.70. The van der Waals surface area contributed by atoms with E-state index in [2.05, 4.69) is 10.3 Å². The van der Waals surface area contributed by atoms with E-state index in [0.29, 0.717) is 11.3 Å². The van der Waals surface area contributed by atoms with Gasteiger partial charge in [-0.15, -0.1) is 0 Å². The molecule has 0 fully saturated rings. The van der Waals surface area contributed by atoms with Crippen LogP contribution in [0.2, 0.25) is 0 Å². The smallest absolute Gasteiger partial charge is 0.255 e. The van der Waals surface area contributed by atoms with Gasteiger partial charge in [0, 0.05) is 28.4 Å². The Labute approximate surface area is 114 Å². The molecule has 0 aliphatic rings. The Balaban J connectivity index is 1.90. The highest BCUT2D eigenvalue weighted by molar-refractivity contribution is 6.06. The van der Waals surface area contributed by atoms with Crippen LogP contribution in [0.3, 0.4) is 0 Å². The Morgan fingerprint density at radius 3 is 2.85 bits per heavy atom. The topological polar surface area (TPSA) is 70.9 Å². The van der Waals surface area contributed by atoms with Crippen LogP contribution in [0, 0.1) is 5.82 Å².